The third kappa shape index (κ3) is 3.59. The molecule has 3 N–H and O–H groups in total. The Labute approximate surface area is 195 Å². The minimum atomic E-state index is -0.783. The van der Waals surface area contributed by atoms with Crippen LogP contribution >= 0.6 is 11.6 Å². The lowest BCUT2D eigenvalue weighted by Crippen LogP contribution is -2.60. The van der Waals surface area contributed by atoms with Gasteiger partial charge < -0.3 is 10.3 Å². The number of aromatic amines is 1. The minimum absolute atomic E-state index is 0.132. The molecule has 0 radical (unpaired) electrons. The number of halogens is 3. The van der Waals surface area contributed by atoms with Gasteiger partial charge in [-0.25, -0.2) is 13.8 Å². The van der Waals surface area contributed by atoms with Crippen LogP contribution in [0.25, 0.3) is 22.0 Å². The molecule has 4 aromatic rings. The van der Waals surface area contributed by atoms with Crippen molar-refractivity contribution in [1.29, 1.82) is 0 Å². The molecule has 0 saturated heterocycles. The van der Waals surface area contributed by atoms with Crippen molar-refractivity contribution in [2.24, 2.45) is 0 Å². The molecular formula is C26H24ClF2N3O. The van der Waals surface area contributed by atoms with Gasteiger partial charge in [0.15, 0.2) is 0 Å². The molecule has 2 heterocycles. The normalized spacial score (nSPS) is 17.4. The molecule has 3 aromatic carbocycles. The number of para-hydroxylation sites is 1. The number of rotatable bonds is 4. The first kappa shape index (κ1) is 21.9. The Kier molecular flexibility index (Phi) is 5.40. The average molecular weight is 468 g/mol. The molecule has 170 valence electrons. The fraction of sp³-hybridized carbons (Fsp3) is 0.231. The number of nitrogens with zero attached hydrogens (tertiary/aromatic N) is 1. The summed E-state index contributed by atoms with van der Waals surface area (Å²) in [6.07, 6.45) is 1.90. The van der Waals surface area contributed by atoms with Crippen molar-refractivity contribution >= 4 is 28.2 Å². The molecule has 0 aliphatic carbocycles. The van der Waals surface area contributed by atoms with Gasteiger partial charge in [0, 0.05) is 41.4 Å². The molecule has 4 nitrogen and oxygen atoms in total. The first-order valence-corrected chi connectivity index (χ1v) is 11.2. The van der Waals surface area contributed by atoms with Crippen molar-refractivity contribution in [3.8, 4) is 11.1 Å². The lowest BCUT2D eigenvalue weighted by molar-refractivity contribution is 0.126. The Balaban J connectivity index is 1.58. The van der Waals surface area contributed by atoms with Crippen LogP contribution in [0.2, 0.25) is 5.02 Å². The van der Waals surface area contributed by atoms with Crippen LogP contribution in [-0.4, -0.2) is 21.8 Å². The zero-order valence-corrected chi connectivity index (χ0v) is 19.0. The summed E-state index contributed by atoms with van der Waals surface area (Å²) in [5.41, 5.74) is 1.54. The fourth-order valence-electron chi connectivity index (χ4n) is 4.68. The minimum Gasteiger partial charge on any atom is -0.359 e. The third-order valence-corrected chi connectivity index (χ3v) is 6.97. The predicted octanol–water partition coefficient (Wildman–Crippen LogP) is 6.46. The molecular weight excluding hydrogens is 444 g/mol. The Bertz CT molecular complexity index is 1340. The molecule has 1 aromatic heterocycles. The molecule has 0 amide bonds. The van der Waals surface area contributed by atoms with Crippen LogP contribution in [0.5, 0.6) is 0 Å². The second kappa shape index (κ2) is 8.13. The largest absolute Gasteiger partial charge is 0.359 e. The van der Waals surface area contributed by atoms with Gasteiger partial charge in [0.1, 0.15) is 11.6 Å². The molecule has 5 rings (SSSR count). The highest BCUT2D eigenvalue weighted by Crippen LogP contribution is 2.43. The van der Waals surface area contributed by atoms with Crippen molar-refractivity contribution in [2.75, 3.05) is 5.06 Å². The number of H-pyrrole nitrogens is 1. The molecule has 33 heavy (non-hydrogen) atoms. The fourth-order valence-corrected chi connectivity index (χ4v) is 4.89. The lowest BCUT2D eigenvalue weighted by Gasteiger charge is -2.46. The number of hydroxylamine groups is 1. The van der Waals surface area contributed by atoms with E-state index in [0.717, 1.165) is 10.6 Å². The van der Waals surface area contributed by atoms with Gasteiger partial charge in [0.2, 0.25) is 0 Å². The van der Waals surface area contributed by atoms with Gasteiger partial charge in [0.25, 0.3) is 0 Å². The second-order valence-electron chi connectivity index (χ2n) is 9.00. The van der Waals surface area contributed by atoms with E-state index in [9.17, 15) is 5.21 Å². The van der Waals surface area contributed by atoms with Gasteiger partial charge >= 0.3 is 0 Å². The SMILES string of the molecule is CC1(C)[C@@H](NCc2ccccc2)Cc2c(cc(F)c(-c3cccc4c(Cl)c[nH]c34)c2F)N1O. The van der Waals surface area contributed by atoms with Crippen molar-refractivity contribution in [3.05, 3.63) is 88.6 Å². The van der Waals surface area contributed by atoms with E-state index >= 15 is 8.78 Å². The van der Waals surface area contributed by atoms with Crippen molar-refractivity contribution in [2.45, 2.75) is 38.4 Å². The Morgan fingerprint density at radius 1 is 1.15 bits per heavy atom. The maximum atomic E-state index is 15.9. The zero-order valence-electron chi connectivity index (χ0n) is 18.3. The van der Waals surface area contributed by atoms with Crippen LogP contribution < -0.4 is 10.4 Å². The molecule has 0 bridgehead atoms. The van der Waals surface area contributed by atoms with Crippen LogP contribution in [0.4, 0.5) is 14.5 Å². The molecule has 0 fully saturated rings. The van der Waals surface area contributed by atoms with E-state index < -0.39 is 17.2 Å². The quantitative estimate of drug-likeness (QED) is 0.323. The van der Waals surface area contributed by atoms with Gasteiger partial charge in [0.05, 0.1) is 27.3 Å². The van der Waals surface area contributed by atoms with Gasteiger partial charge in [-0.15, -0.1) is 0 Å². The topological polar surface area (TPSA) is 51.3 Å². The van der Waals surface area contributed by atoms with Crippen LogP contribution in [0, 0.1) is 11.6 Å². The Morgan fingerprint density at radius 3 is 2.67 bits per heavy atom. The lowest BCUT2D eigenvalue weighted by atomic mass is 9.82. The number of nitrogens with one attached hydrogen (secondary N) is 2. The number of hydrogen-bond acceptors (Lipinski definition) is 3. The van der Waals surface area contributed by atoms with Crippen molar-refractivity contribution < 1.29 is 14.0 Å². The van der Waals surface area contributed by atoms with Crippen molar-refractivity contribution in [3.63, 3.8) is 0 Å². The van der Waals surface area contributed by atoms with Gasteiger partial charge in [-0.1, -0.05) is 60.1 Å². The highest BCUT2D eigenvalue weighted by Gasteiger charge is 2.42. The number of aromatic nitrogens is 1. The first-order chi connectivity index (χ1) is 15.8. The zero-order chi connectivity index (χ0) is 23.3. The summed E-state index contributed by atoms with van der Waals surface area (Å²) in [4.78, 5) is 3.02. The van der Waals surface area contributed by atoms with E-state index in [1.165, 1.54) is 6.07 Å². The number of anilines is 1. The Morgan fingerprint density at radius 2 is 1.91 bits per heavy atom. The third-order valence-electron chi connectivity index (χ3n) is 6.66. The van der Waals surface area contributed by atoms with Crippen LogP contribution in [0.15, 0.2) is 60.8 Å². The summed E-state index contributed by atoms with van der Waals surface area (Å²) in [6, 6.07) is 16.0. The predicted molar refractivity (Wildman–Crippen MR) is 128 cm³/mol. The summed E-state index contributed by atoms with van der Waals surface area (Å²) in [6.45, 7) is 4.27. The van der Waals surface area contributed by atoms with E-state index in [-0.39, 0.29) is 22.9 Å². The van der Waals surface area contributed by atoms with Gasteiger partial charge in [-0.05, 0) is 25.8 Å². The maximum Gasteiger partial charge on any atom is 0.139 e. The molecule has 1 aliphatic heterocycles. The average Bonchev–Trinajstić information content (AvgIpc) is 3.18. The van der Waals surface area contributed by atoms with Crippen LogP contribution in [0.3, 0.4) is 0 Å². The highest BCUT2D eigenvalue weighted by molar-refractivity contribution is 6.36. The van der Waals surface area contributed by atoms with E-state index in [1.54, 1.807) is 24.4 Å². The molecule has 1 aliphatic rings. The second-order valence-corrected chi connectivity index (χ2v) is 9.41. The molecule has 1 atom stereocenters. The van der Waals surface area contributed by atoms with Crippen LogP contribution in [-0.2, 0) is 13.0 Å². The highest BCUT2D eigenvalue weighted by atomic mass is 35.5. The van der Waals surface area contributed by atoms with Gasteiger partial charge in [-0.2, -0.15) is 0 Å². The van der Waals surface area contributed by atoms with E-state index in [1.807, 2.05) is 44.2 Å². The summed E-state index contributed by atoms with van der Waals surface area (Å²) in [5.74, 6) is -1.42. The molecule has 0 unspecified atom stereocenters. The summed E-state index contributed by atoms with van der Waals surface area (Å²) in [7, 11) is 0. The van der Waals surface area contributed by atoms with E-state index in [2.05, 4.69) is 10.3 Å². The molecule has 0 saturated carbocycles. The number of fused-ring (bicyclic) bond motifs is 2. The van der Waals surface area contributed by atoms with Gasteiger partial charge in [-0.3, -0.25) is 5.21 Å². The first-order valence-electron chi connectivity index (χ1n) is 10.8. The number of hydrogen-bond donors (Lipinski definition) is 3. The standard InChI is InChI=1S/C26H24ClF2N3O/c1-26(2)22(30-13-15-7-4-3-5-8-15)11-18-21(32(26)33)12-20(28)23(24(18)29)17-10-6-9-16-19(27)14-31-25(16)17/h3-10,12,14,22,30-31,33H,11,13H2,1-2H3/t22-/m0/s1. The van der Waals surface area contributed by atoms with E-state index in [0.29, 0.717) is 34.5 Å². The smallest absolute Gasteiger partial charge is 0.139 e. The van der Waals surface area contributed by atoms with E-state index in [4.69, 9.17) is 11.6 Å². The van der Waals surface area contributed by atoms with Crippen molar-refractivity contribution in [1.82, 2.24) is 10.3 Å². The number of benzene rings is 3. The summed E-state index contributed by atoms with van der Waals surface area (Å²) in [5, 5.41) is 16.6. The monoisotopic (exact) mass is 467 g/mol. The molecule has 7 heteroatoms. The molecule has 0 spiro atoms. The summed E-state index contributed by atoms with van der Waals surface area (Å²) >= 11 is 6.22. The summed E-state index contributed by atoms with van der Waals surface area (Å²) < 4.78 is 31.3. The maximum absolute atomic E-state index is 15.9. The van der Waals surface area contributed by atoms with Crippen LogP contribution in [0.1, 0.15) is 25.0 Å². The Hall–Kier alpha value is -2.93.